The number of rotatable bonds is 5. The fourth-order valence-electron chi connectivity index (χ4n) is 1.98. The molecule has 1 aliphatic carbocycles. The van der Waals surface area contributed by atoms with Crippen LogP contribution < -0.4 is 5.32 Å². The number of likely N-dealkylation sites (N-methyl/N-ethyl adjacent to an activating group) is 1. The number of nitrogens with one attached hydrogen (secondary N) is 1. The lowest BCUT2D eigenvalue weighted by atomic mass is 10.1. The molecule has 0 bridgehead atoms. The highest BCUT2D eigenvalue weighted by Gasteiger charge is 2.31. The first-order chi connectivity index (χ1) is 7.20. The summed E-state index contributed by atoms with van der Waals surface area (Å²) in [5, 5.41) is 4.90. The van der Waals surface area contributed by atoms with E-state index in [9.17, 15) is 0 Å². The van der Waals surface area contributed by atoms with E-state index in [0.29, 0.717) is 6.04 Å². The first kappa shape index (κ1) is 11.1. The average Bonchev–Trinajstić information content (AvgIpc) is 2.95. The number of thiazole rings is 1. The first-order valence-corrected chi connectivity index (χ1v) is 6.68. The van der Waals surface area contributed by atoms with Gasteiger partial charge in [-0.25, -0.2) is 4.98 Å². The Labute approximate surface area is 96.1 Å². The summed E-state index contributed by atoms with van der Waals surface area (Å²) in [5.41, 5.74) is 1.21. The summed E-state index contributed by atoms with van der Waals surface area (Å²) in [5.74, 6) is 0.912. The molecule has 2 rings (SSSR count). The van der Waals surface area contributed by atoms with Crippen LogP contribution in [0.25, 0.3) is 0 Å². The number of aryl methyl sites for hydroxylation is 2. The van der Waals surface area contributed by atoms with Crippen LogP contribution in [0.4, 0.5) is 0 Å². The highest BCUT2D eigenvalue weighted by Crippen LogP contribution is 2.34. The number of hydrogen-bond acceptors (Lipinski definition) is 3. The van der Waals surface area contributed by atoms with Gasteiger partial charge in [0.1, 0.15) is 0 Å². The van der Waals surface area contributed by atoms with Crippen molar-refractivity contribution in [2.45, 2.75) is 46.1 Å². The van der Waals surface area contributed by atoms with Crippen molar-refractivity contribution in [2.75, 3.05) is 6.54 Å². The molecule has 0 aromatic carbocycles. The largest absolute Gasteiger partial charge is 0.314 e. The summed E-state index contributed by atoms with van der Waals surface area (Å²) in [6, 6.07) is 0.667. The monoisotopic (exact) mass is 224 g/mol. The van der Waals surface area contributed by atoms with Crippen LogP contribution in [0.15, 0.2) is 0 Å². The van der Waals surface area contributed by atoms with Gasteiger partial charge in [-0.05, 0) is 39.2 Å². The molecule has 0 amide bonds. The minimum atomic E-state index is 0.667. The van der Waals surface area contributed by atoms with Gasteiger partial charge in [0.15, 0.2) is 0 Å². The normalized spacial score (nSPS) is 18.1. The van der Waals surface area contributed by atoms with Gasteiger partial charge in [0.25, 0.3) is 0 Å². The molecule has 0 spiro atoms. The average molecular weight is 224 g/mol. The maximum absolute atomic E-state index is 4.62. The Balaban J connectivity index is 1.98. The Morgan fingerprint density at radius 1 is 1.47 bits per heavy atom. The molecule has 1 aromatic heterocycles. The van der Waals surface area contributed by atoms with Crippen LogP contribution in [0.3, 0.4) is 0 Å². The lowest BCUT2D eigenvalue weighted by molar-refractivity contribution is 0.471. The van der Waals surface area contributed by atoms with Gasteiger partial charge >= 0.3 is 0 Å². The lowest BCUT2D eigenvalue weighted by Gasteiger charge is -2.15. The van der Waals surface area contributed by atoms with Crippen molar-refractivity contribution in [1.82, 2.24) is 10.3 Å². The van der Waals surface area contributed by atoms with Crippen molar-refractivity contribution in [3.8, 4) is 0 Å². The molecule has 2 nitrogen and oxygen atoms in total. The summed E-state index contributed by atoms with van der Waals surface area (Å²) in [6.45, 7) is 7.53. The summed E-state index contributed by atoms with van der Waals surface area (Å²) >= 11 is 1.86. The number of aromatic nitrogens is 1. The molecule has 1 atom stereocenters. The van der Waals surface area contributed by atoms with Crippen LogP contribution in [0, 0.1) is 19.8 Å². The van der Waals surface area contributed by atoms with E-state index in [1.807, 2.05) is 11.3 Å². The van der Waals surface area contributed by atoms with Crippen molar-refractivity contribution < 1.29 is 0 Å². The molecule has 0 radical (unpaired) electrons. The van der Waals surface area contributed by atoms with Crippen LogP contribution in [0.5, 0.6) is 0 Å². The third-order valence-corrected chi connectivity index (χ3v) is 4.22. The zero-order chi connectivity index (χ0) is 10.8. The van der Waals surface area contributed by atoms with Crippen molar-refractivity contribution >= 4 is 11.3 Å². The predicted octanol–water partition coefficient (Wildman–Crippen LogP) is 2.69. The first-order valence-electron chi connectivity index (χ1n) is 5.87. The molecule has 1 fully saturated rings. The van der Waals surface area contributed by atoms with Gasteiger partial charge in [-0.2, -0.15) is 0 Å². The maximum atomic E-state index is 4.62. The molecule has 1 unspecified atom stereocenters. The molecule has 3 heteroatoms. The molecule has 84 valence electrons. The second kappa shape index (κ2) is 4.62. The standard InChI is InChI=1S/C12H20N2S/c1-4-13-11(10-5-6-10)7-12-14-8(2)9(3)15-12/h10-11,13H,4-7H2,1-3H3. The van der Waals surface area contributed by atoms with Crippen LogP contribution in [-0.2, 0) is 6.42 Å². The van der Waals surface area contributed by atoms with Gasteiger partial charge in [0, 0.05) is 17.3 Å². The van der Waals surface area contributed by atoms with E-state index in [0.717, 1.165) is 18.9 Å². The topological polar surface area (TPSA) is 24.9 Å². The van der Waals surface area contributed by atoms with E-state index in [2.05, 4.69) is 31.1 Å². The Bertz CT molecular complexity index is 309. The molecule has 1 aromatic rings. The maximum Gasteiger partial charge on any atom is 0.0946 e. The zero-order valence-corrected chi connectivity index (χ0v) is 10.7. The number of nitrogens with zero attached hydrogens (tertiary/aromatic N) is 1. The smallest absolute Gasteiger partial charge is 0.0946 e. The SMILES string of the molecule is CCNC(Cc1nc(C)c(C)s1)C1CC1. The second-order valence-corrected chi connectivity index (χ2v) is 5.74. The molecule has 0 saturated heterocycles. The fraction of sp³-hybridized carbons (Fsp3) is 0.750. The van der Waals surface area contributed by atoms with E-state index >= 15 is 0 Å². The summed E-state index contributed by atoms with van der Waals surface area (Å²) < 4.78 is 0. The molecule has 1 aliphatic rings. The van der Waals surface area contributed by atoms with Gasteiger partial charge < -0.3 is 5.32 Å². The Kier molecular flexibility index (Phi) is 3.42. The summed E-state index contributed by atoms with van der Waals surface area (Å²) in [7, 11) is 0. The third kappa shape index (κ3) is 2.79. The molecule has 1 heterocycles. The lowest BCUT2D eigenvalue weighted by Crippen LogP contribution is -2.32. The van der Waals surface area contributed by atoms with E-state index < -0.39 is 0 Å². The van der Waals surface area contributed by atoms with Crippen LogP contribution >= 0.6 is 11.3 Å². The third-order valence-electron chi connectivity index (χ3n) is 3.12. The van der Waals surface area contributed by atoms with E-state index in [1.165, 1.54) is 28.4 Å². The predicted molar refractivity (Wildman–Crippen MR) is 65.5 cm³/mol. The highest BCUT2D eigenvalue weighted by atomic mass is 32.1. The van der Waals surface area contributed by atoms with E-state index in [-0.39, 0.29) is 0 Å². The van der Waals surface area contributed by atoms with Crippen LogP contribution in [0.1, 0.15) is 35.3 Å². The van der Waals surface area contributed by atoms with Gasteiger partial charge in [0.2, 0.25) is 0 Å². The molecular formula is C12H20N2S. The minimum Gasteiger partial charge on any atom is -0.314 e. The molecule has 0 aliphatic heterocycles. The quantitative estimate of drug-likeness (QED) is 0.832. The van der Waals surface area contributed by atoms with Crippen molar-refractivity contribution in [2.24, 2.45) is 5.92 Å². The number of hydrogen-bond donors (Lipinski definition) is 1. The Morgan fingerprint density at radius 3 is 2.67 bits per heavy atom. The molecular weight excluding hydrogens is 204 g/mol. The molecule has 1 N–H and O–H groups in total. The van der Waals surface area contributed by atoms with Gasteiger partial charge in [0.05, 0.1) is 10.7 Å². The summed E-state index contributed by atoms with van der Waals surface area (Å²) in [6.07, 6.45) is 3.93. The van der Waals surface area contributed by atoms with Gasteiger partial charge in [-0.3, -0.25) is 0 Å². The molecule has 15 heavy (non-hydrogen) atoms. The van der Waals surface area contributed by atoms with E-state index in [1.54, 1.807) is 0 Å². The zero-order valence-electron chi connectivity index (χ0n) is 9.84. The van der Waals surface area contributed by atoms with Crippen LogP contribution in [0.2, 0.25) is 0 Å². The minimum absolute atomic E-state index is 0.667. The van der Waals surface area contributed by atoms with Gasteiger partial charge in [-0.1, -0.05) is 6.92 Å². The summed E-state index contributed by atoms with van der Waals surface area (Å²) in [4.78, 5) is 5.99. The fourth-order valence-corrected chi connectivity index (χ4v) is 2.97. The van der Waals surface area contributed by atoms with Crippen molar-refractivity contribution in [3.63, 3.8) is 0 Å². The Morgan fingerprint density at radius 2 is 2.20 bits per heavy atom. The van der Waals surface area contributed by atoms with Crippen molar-refractivity contribution in [3.05, 3.63) is 15.6 Å². The van der Waals surface area contributed by atoms with Crippen LogP contribution in [-0.4, -0.2) is 17.6 Å². The highest BCUT2D eigenvalue weighted by molar-refractivity contribution is 7.11. The molecule has 1 saturated carbocycles. The van der Waals surface area contributed by atoms with Gasteiger partial charge in [-0.15, -0.1) is 11.3 Å². The second-order valence-electron chi connectivity index (χ2n) is 4.45. The van der Waals surface area contributed by atoms with E-state index in [4.69, 9.17) is 0 Å². The Hall–Kier alpha value is -0.410. The van der Waals surface area contributed by atoms with Crippen molar-refractivity contribution in [1.29, 1.82) is 0 Å².